The van der Waals surface area contributed by atoms with Gasteiger partial charge in [0.05, 0.1) is 5.56 Å². The van der Waals surface area contributed by atoms with Crippen LogP contribution in [0.2, 0.25) is 5.02 Å². The summed E-state index contributed by atoms with van der Waals surface area (Å²) >= 11 is 5.97. The summed E-state index contributed by atoms with van der Waals surface area (Å²) in [7, 11) is 0. The van der Waals surface area contributed by atoms with Gasteiger partial charge < -0.3 is 0 Å². The summed E-state index contributed by atoms with van der Waals surface area (Å²) in [5, 5.41) is 0.706. The Morgan fingerprint density at radius 1 is 1.13 bits per heavy atom. The lowest BCUT2D eigenvalue weighted by molar-refractivity contribution is -0.688. The molecule has 1 aliphatic rings. The predicted octanol–water partition coefficient (Wildman–Crippen LogP) is 5.17. The van der Waals surface area contributed by atoms with Crippen molar-refractivity contribution in [2.45, 2.75) is 39.7 Å². The number of ketones is 2. The topological polar surface area (TPSA) is 38.0 Å². The maximum atomic E-state index is 13.0. The lowest BCUT2D eigenvalue weighted by Crippen LogP contribution is -2.35. The SMILES string of the molecule is CC(=O)c1c[n+](Cc2ccc(Cl)cc2)ccc1CC1CCc2cc(C)ccc2C1=O. The van der Waals surface area contributed by atoms with Gasteiger partial charge in [-0.3, -0.25) is 9.59 Å². The normalized spacial score (nSPS) is 15.7. The zero-order valence-electron chi connectivity index (χ0n) is 17.3. The number of carbonyl (C=O) groups excluding carboxylic acids is 2. The summed E-state index contributed by atoms with van der Waals surface area (Å²) < 4.78 is 2.00. The van der Waals surface area contributed by atoms with E-state index >= 15 is 0 Å². The van der Waals surface area contributed by atoms with Crippen LogP contribution >= 0.6 is 11.6 Å². The van der Waals surface area contributed by atoms with E-state index in [2.05, 4.69) is 13.0 Å². The summed E-state index contributed by atoms with van der Waals surface area (Å²) in [5.41, 5.74) is 5.93. The average Bonchev–Trinajstić information content (AvgIpc) is 2.72. The smallest absolute Gasteiger partial charge is 0.180 e. The molecule has 4 rings (SSSR count). The number of pyridine rings is 1. The second-order valence-corrected chi connectivity index (χ2v) is 8.64. The Balaban J connectivity index is 1.56. The Morgan fingerprint density at radius 3 is 2.63 bits per heavy atom. The second kappa shape index (κ2) is 8.53. The summed E-state index contributed by atoms with van der Waals surface area (Å²) in [4.78, 5) is 25.4. The van der Waals surface area contributed by atoms with Crippen LogP contribution in [0.15, 0.2) is 60.9 Å². The van der Waals surface area contributed by atoms with E-state index in [-0.39, 0.29) is 17.5 Å². The van der Waals surface area contributed by atoms with Gasteiger partial charge in [0.1, 0.15) is 0 Å². The maximum Gasteiger partial charge on any atom is 0.180 e. The van der Waals surface area contributed by atoms with Crippen molar-refractivity contribution in [3.8, 4) is 0 Å². The van der Waals surface area contributed by atoms with Crippen molar-refractivity contribution in [2.24, 2.45) is 5.92 Å². The van der Waals surface area contributed by atoms with Gasteiger partial charge in [0.25, 0.3) is 0 Å². The molecule has 1 heterocycles. The van der Waals surface area contributed by atoms with Crippen LogP contribution in [-0.4, -0.2) is 11.6 Å². The molecular weight excluding hydrogens is 394 g/mol. The van der Waals surface area contributed by atoms with Gasteiger partial charge in [-0.1, -0.05) is 47.5 Å². The minimum Gasteiger partial charge on any atom is -0.294 e. The van der Waals surface area contributed by atoms with E-state index in [1.807, 2.05) is 59.4 Å². The molecule has 1 unspecified atom stereocenters. The van der Waals surface area contributed by atoms with E-state index in [1.165, 1.54) is 5.56 Å². The molecule has 0 fully saturated rings. The van der Waals surface area contributed by atoms with E-state index < -0.39 is 0 Å². The second-order valence-electron chi connectivity index (χ2n) is 8.20. The number of halogens is 1. The Labute approximate surface area is 182 Å². The number of hydrogen-bond donors (Lipinski definition) is 0. The molecule has 1 atom stereocenters. The minimum absolute atomic E-state index is 0.0229. The number of aromatic nitrogens is 1. The van der Waals surface area contributed by atoms with Gasteiger partial charge >= 0.3 is 0 Å². The lowest BCUT2D eigenvalue weighted by atomic mass is 9.79. The van der Waals surface area contributed by atoms with Crippen LogP contribution in [-0.2, 0) is 19.4 Å². The molecule has 0 spiro atoms. The number of nitrogens with zero attached hydrogens (tertiary/aromatic N) is 1. The molecule has 1 aliphatic carbocycles. The van der Waals surface area contributed by atoms with Crippen molar-refractivity contribution in [1.82, 2.24) is 0 Å². The van der Waals surface area contributed by atoms with Gasteiger partial charge in [0.15, 0.2) is 30.5 Å². The first-order valence-electron chi connectivity index (χ1n) is 10.3. The number of rotatable bonds is 5. The number of aryl methyl sites for hydroxylation is 2. The van der Waals surface area contributed by atoms with Crippen molar-refractivity contribution in [1.29, 1.82) is 0 Å². The van der Waals surface area contributed by atoms with Crippen LogP contribution in [0.1, 0.15) is 56.3 Å². The van der Waals surface area contributed by atoms with E-state index in [1.54, 1.807) is 6.92 Å². The highest BCUT2D eigenvalue weighted by Crippen LogP contribution is 2.29. The first-order chi connectivity index (χ1) is 14.4. The Hall–Kier alpha value is -2.78. The number of hydrogen-bond acceptors (Lipinski definition) is 2. The summed E-state index contributed by atoms with van der Waals surface area (Å²) in [6, 6.07) is 15.8. The van der Waals surface area contributed by atoms with Crippen LogP contribution < -0.4 is 4.57 Å². The molecule has 2 aromatic carbocycles. The van der Waals surface area contributed by atoms with Gasteiger partial charge in [-0.25, -0.2) is 4.57 Å². The van der Waals surface area contributed by atoms with Crippen molar-refractivity contribution < 1.29 is 14.2 Å². The van der Waals surface area contributed by atoms with E-state index in [4.69, 9.17) is 11.6 Å². The third-order valence-corrected chi connectivity index (χ3v) is 6.14. The molecule has 3 aromatic rings. The van der Waals surface area contributed by atoms with Gasteiger partial charge in [-0.15, -0.1) is 0 Å². The maximum absolute atomic E-state index is 13.0. The fourth-order valence-corrected chi connectivity index (χ4v) is 4.40. The summed E-state index contributed by atoms with van der Waals surface area (Å²) in [6.07, 6.45) is 6.22. The third-order valence-electron chi connectivity index (χ3n) is 5.89. The van der Waals surface area contributed by atoms with Gasteiger partial charge in [0, 0.05) is 28.1 Å². The number of Topliss-reactive ketones (excluding diaryl/α,β-unsaturated/α-hetero) is 2. The first kappa shape index (κ1) is 20.5. The molecule has 30 heavy (non-hydrogen) atoms. The molecule has 152 valence electrons. The molecule has 0 N–H and O–H groups in total. The quantitative estimate of drug-likeness (QED) is 0.423. The molecule has 0 saturated carbocycles. The molecule has 0 saturated heterocycles. The fraction of sp³-hybridized carbons (Fsp3) is 0.269. The van der Waals surface area contributed by atoms with Crippen LogP contribution in [0.4, 0.5) is 0 Å². The van der Waals surface area contributed by atoms with Crippen molar-refractivity contribution in [3.63, 3.8) is 0 Å². The monoisotopic (exact) mass is 418 g/mol. The van der Waals surface area contributed by atoms with Crippen LogP contribution in [0.5, 0.6) is 0 Å². The van der Waals surface area contributed by atoms with Crippen LogP contribution in [0.25, 0.3) is 0 Å². The molecule has 0 amide bonds. The van der Waals surface area contributed by atoms with E-state index in [0.29, 0.717) is 23.6 Å². The number of fused-ring (bicyclic) bond motifs is 1. The molecule has 0 aliphatic heterocycles. The third kappa shape index (κ3) is 4.36. The van der Waals surface area contributed by atoms with Crippen molar-refractivity contribution in [3.05, 3.63) is 99.3 Å². The van der Waals surface area contributed by atoms with Crippen molar-refractivity contribution >= 4 is 23.2 Å². The Morgan fingerprint density at radius 2 is 1.90 bits per heavy atom. The van der Waals surface area contributed by atoms with Gasteiger partial charge in [-0.05, 0) is 56.4 Å². The van der Waals surface area contributed by atoms with E-state index in [9.17, 15) is 9.59 Å². The molecule has 3 nitrogen and oxygen atoms in total. The summed E-state index contributed by atoms with van der Waals surface area (Å²) in [6.45, 7) is 4.30. The molecule has 4 heteroatoms. The first-order valence-corrected chi connectivity index (χ1v) is 10.7. The zero-order valence-corrected chi connectivity index (χ0v) is 18.1. The fourth-order valence-electron chi connectivity index (χ4n) is 4.27. The molecular formula is C26H25ClNO2+. The molecule has 0 bridgehead atoms. The largest absolute Gasteiger partial charge is 0.294 e. The zero-order chi connectivity index (χ0) is 21.3. The van der Waals surface area contributed by atoms with Crippen LogP contribution in [0, 0.1) is 12.8 Å². The van der Waals surface area contributed by atoms with E-state index in [0.717, 1.165) is 35.1 Å². The predicted molar refractivity (Wildman–Crippen MR) is 118 cm³/mol. The molecule has 1 aromatic heterocycles. The Kier molecular flexibility index (Phi) is 5.83. The van der Waals surface area contributed by atoms with Gasteiger partial charge in [-0.2, -0.15) is 0 Å². The average molecular weight is 419 g/mol. The van der Waals surface area contributed by atoms with Gasteiger partial charge in [0.2, 0.25) is 0 Å². The highest BCUT2D eigenvalue weighted by molar-refractivity contribution is 6.30. The van der Waals surface area contributed by atoms with Crippen LogP contribution in [0.3, 0.4) is 0 Å². The summed E-state index contributed by atoms with van der Waals surface area (Å²) in [5.74, 6) is 0.142. The number of carbonyl (C=O) groups is 2. The van der Waals surface area contributed by atoms with Crippen molar-refractivity contribution in [2.75, 3.05) is 0 Å². The molecule has 0 radical (unpaired) electrons. The number of benzene rings is 2. The highest BCUT2D eigenvalue weighted by Gasteiger charge is 2.29. The highest BCUT2D eigenvalue weighted by atomic mass is 35.5. The standard InChI is InChI=1S/C26H25ClNO2/c1-17-3-10-24-20(13-17)6-7-22(26(24)30)14-21-11-12-28(16-25(21)18(2)29)15-19-4-8-23(27)9-5-19/h3-5,8-13,16,22H,6-7,14-15H2,1-2H3/q+1. The lowest BCUT2D eigenvalue weighted by Gasteiger charge is -2.24. The Bertz CT molecular complexity index is 1120. The minimum atomic E-state index is -0.0783.